The monoisotopic (exact) mass is 377 g/mol. The van der Waals surface area contributed by atoms with Gasteiger partial charge in [0.25, 0.3) is 0 Å². The third-order valence-corrected chi connectivity index (χ3v) is 4.45. The number of nitrogens with two attached hydrogens (primary N) is 1. The Morgan fingerprint density at radius 1 is 1.30 bits per heavy atom. The van der Waals surface area contributed by atoms with Gasteiger partial charge in [-0.15, -0.1) is 24.8 Å². The number of halogens is 3. The number of nitrogens with zero attached hydrogens (tertiary/aromatic N) is 2. The second-order valence-corrected chi connectivity index (χ2v) is 6.00. The highest BCUT2D eigenvalue weighted by atomic mass is 35.5. The van der Waals surface area contributed by atoms with Gasteiger partial charge in [-0.2, -0.15) is 0 Å². The van der Waals surface area contributed by atoms with Crippen LogP contribution in [0, 0.1) is 0 Å². The van der Waals surface area contributed by atoms with Crippen molar-refractivity contribution in [2.45, 2.75) is 37.8 Å². The molecule has 4 nitrogen and oxygen atoms in total. The maximum atomic E-state index is 6.23. The molecule has 0 saturated heterocycles. The fourth-order valence-electron chi connectivity index (χ4n) is 3.09. The summed E-state index contributed by atoms with van der Waals surface area (Å²) in [4.78, 5) is 4.51. The van der Waals surface area contributed by atoms with E-state index in [2.05, 4.69) is 9.55 Å². The van der Waals surface area contributed by atoms with Gasteiger partial charge in [-0.3, -0.25) is 0 Å². The molecule has 1 heterocycles. The van der Waals surface area contributed by atoms with E-state index in [4.69, 9.17) is 22.1 Å². The maximum absolute atomic E-state index is 6.23. The van der Waals surface area contributed by atoms with Gasteiger partial charge in [-0.05, 0) is 43.9 Å². The summed E-state index contributed by atoms with van der Waals surface area (Å²) in [5.41, 5.74) is 7.12. The summed E-state index contributed by atoms with van der Waals surface area (Å²) in [7, 11) is 1.62. The molecule has 2 atom stereocenters. The van der Waals surface area contributed by atoms with E-state index < -0.39 is 0 Å². The van der Waals surface area contributed by atoms with E-state index in [9.17, 15) is 0 Å². The fourth-order valence-corrected chi connectivity index (χ4v) is 3.35. The van der Waals surface area contributed by atoms with Crippen LogP contribution in [0.4, 0.5) is 0 Å². The smallest absolute Gasteiger partial charge is 0.140 e. The van der Waals surface area contributed by atoms with Crippen molar-refractivity contribution in [1.82, 2.24) is 9.55 Å². The molecule has 1 aliphatic carbocycles. The normalized spacial score (nSPS) is 20.3. The number of ether oxygens (including phenoxy) is 1. The van der Waals surface area contributed by atoms with Crippen molar-refractivity contribution in [2.24, 2.45) is 5.73 Å². The fraction of sp³-hybridized carbons (Fsp3) is 0.438. The van der Waals surface area contributed by atoms with E-state index >= 15 is 0 Å². The van der Waals surface area contributed by atoms with E-state index in [0.29, 0.717) is 22.9 Å². The number of imidazole rings is 1. The van der Waals surface area contributed by atoms with Gasteiger partial charge in [-0.1, -0.05) is 11.6 Å². The molecule has 23 heavy (non-hydrogen) atoms. The average molecular weight is 379 g/mol. The zero-order chi connectivity index (χ0) is 14.8. The molecule has 3 rings (SSSR count). The molecule has 0 aliphatic heterocycles. The lowest BCUT2D eigenvalue weighted by molar-refractivity contribution is 0.322. The molecule has 0 bridgehead atoms. The molecular weight excluding hydrogens is 357 g/mol. The van der Waals surface area contributed by atoms with E-state index in [-0.39, 0.29) is 24.8 Å². The molecule has 1 aromatic carbocycles. The summed E-state index contributed by atoms with van der Waals surface area (Å²) in [6.45, 7) is 0. The molecular formula is C16H22Cl3N3O. The molecule has 2 aromatic rings. The number of hydrogen-bond acceptors (Lipinski definition) is 3. The van der Waals surface area contributed by atoms with Crippen LogP contribution >= 0.6 is 36.4 Å². The summed E-state index contributed by atoms with van der Waals surface area (Å²) in [6.07, 6.45) is 8.33. The quantitative estimate of drug-likeness (QED) is 0.855. The Bertz CT molecular complexity index is 633. The molecule has 0 spiro atoms. The van der Waals surface area contributed by atoms with Crippen molar-refractivity contribution in [2.75, 3.05) is 7.11 Å². The first-order valence-electron chi connectivity index (χ1n) is 7.31. The Kier molecular flexibility index (Phi) is 7.68. The number of methoxy groups -OCH3 is 1. The zero-order valence-electron chi connectivity index (χ0n) is 12.9. The lowest BCUT2D eigenvalue weighted by Crippen LogP contribution is -2.29. The van der Waals surface area contributed by atoms with Crippen LogP contribution in [-0.4, -0.2) is 22.7 Å². The molecule has 1 aromatic heterocycles. The molecule has 1 fully saturated rings. The van der Waals surface area contributed by atoms with Gasteiger partial charge in [0, 0.05) is 30.0 Å². The molecule has 0 unspecified atom stereocenters. The number of benzene rings is 1. The second kappa shape index (κ2) is 8.78. The molecule has 128 valence electrons. The first-order chi connectivity index (χ1) is 10.2. The summed E-state index contributed by atoms with van der Waals surface area (Å²) in [6, 6.07) is 6.49. The lowest BCUT2D eigenvalue weighted by atomic mass is 9.91. The van der Waals surface area contributed by atoms with Crippen LogP contribution in [0.2, 0.25) is 5.02 Å². The minimum absolute atomic E-state index is 0. The van der Waals surface area contributed by atoms with Crippen molar-refractivity contribution in [3.05, 3.63) is 35.6 Å². The summed E-state index contributed by atoms with van der Waals surface area (Å²) < 4.78 is 7.44. The van der Waals surface area contributed by atoms with Gasteiger partial charge in [0.1, 0.15) is 11.6 Å². The van der Waals surface area contributed by atoms with Crippen LogP contribution in [0.1, 0.15) is 31.7 Å². The number of hydrogen-bond donors (Lipinski definition) is 1. The standard InChI is InChI=1S/C16H20ClN3O.2ClH/c1-21-15-6-5-11(9-14(15)17)16-19-7-8-20(16)13-4-2-3-12(18)10-13;;/h5-9,12-13H,2-4,10,18H2,1H3;2*1H/t12-,13+;;/m0../s1. The Hall–Kier alpha value is -0.940. The van der Waals surface area contributed by atoms with Crippen LogP contribution in [0.5, 0.6) is 5.75 Å². The van der Waals surface area contributed by atoms with E-state index in [1.54, 1.807) is 7.11 Å². The highest BCUT2D eigenvalue weighted by Gasteiger charge is 2.23. The summed E-state index contributed by atoms with van der Waals surface area (Å²) in [5.74, 6) is 1.62. The van der Waals surface area contributed by atoms with Crippen molar-refractivity contribution >= 4 is 36.4 Å². The molecule has 1 aliphatic rings. The second-order valence-electron chi connectivity index (χ2n) is 5.59. The molecule has 0 radical (unpaired) electrons. The first-order valence-corrected chi connectivity index (χ1v) is 7.69. The molecule has 2 N–H and O–H groups in total. The highest BCUT2D eigenvalue weighted by molar-refractivity contribution is 6.32. The third-order valence-electron chi connectivity index (χ3n) is 4.16. The predicted molar refractivity (Wildman–Crippen MR) is 99.2 cm³/mol. The van der Waals surface area contributed by atoms with Gasteiger partial charge >= 0.3 is 0 Å². The maximum Gasteiger partial charge on any atom is 0.140 e. The minimum atomic E-state index is 0. The van der Waals surface area contributed by atoms with Crippen LogP contribution in [0.15, 0.2) is 30.6 Å². The van der Waals surface area contributed by atoms with Gasteiger partial charge in [-0.25, -0.2) is 4.98 Å². The van der Waals surface area contributed by atoms with E-state index in [1.807, 2.05) is 30.6 Å². The average Bonchev–Trinajstić information content (AvgIpc) is 2.96. The Labute approximate surface area is 154 Å². The Balaban J connectivity index is 0.00000132. The minimum Gasteiger partial charge on any atom is -0.495 e. The largest absolute Gasteiger partial charge is 0.495 e. The van der Waals surface area contributed by atoms with Gasteiger partial charge in [0.05, 0.1) is 12.1 Å². The van der Waals surface area contributed by atoms with Crippen LogP contribution in [-0.2, 0) is 0 Å². The summed E-state index contributed by atoms with van der Waals surface area (Å²) in [5, 5.41) is 0.602. The first kappa shape index (κ1) is 20.1. The SMILES string of the molecule is COc1ccc(-c2nccn2[C@@H]2CCC[C@H](N)C2)cc1Cl.Cl.Cl. The molecule has 0 amide bonds. The van der Waals surface area contributed by atoms with Gasteiger partial charge < -0.3 is 15.0 Å². The molecule has 1 saturated carbocycles. The van der Waals surface area contributed by atoms with Crippen molar-refractivity contribution in [3.8, 4) is 17.1 Å². The van der Waals surface area contributed by atoms with Crippen LogP contribution < -0.4 is 10.5 Å². The van der Waals surface area contributed by atoms with Crippen molar-refractivity contribution in [1.29, 1.82) is 0 Å². The van der Waals surface area contributed by atoms with Gasteiger partial charge in [0.2, 0.25) is 0 Å². The topological polar surface area (TPSA) is 53.1 Å². The number of rotatable bonds is 3. The van der Waals surface area contributed by atoms with Crippen LogP contribution in [0.3, 0.4) is 0 Å². The Morgan fingerprint density at radius 3 is 2.74 bits per heavy atom. The molecule has 7 heteroatoms. The zero-order valence-corrected chi connectivity index (χ0v) is 15.3. The number of aromatic nitrogens is 2. The van der Waals surface area contributed by atoms with Crippen LogP contribution in [0.25, 0.3) is 11.4 Å². The van der Waals surface area contributed by atoms with Crippen molar-refractivity contribution < 1.29 is 4.74 Å². The van der Waals surface area contributed by atoms with Gasteiger partial charge in [0.15, 0.2) is 0 Å². The third kappa shape index (κ3) is 4.32. The van der Waals surface area contributed by atoms with Crippen molar-refractivity contribution in [3.63, 3.8) is 0 Å². The highest BCUT2D eigenvalue weighted by Crippen LogP contribution is 2.34. The van der Waals surface area contributed by atoms with E-state index in [0.717, 1.165) is 30.7 Å². The Morgan fingerprint density at radius 2 is 2.09 bits per heavy atom. The van der Waals surface area contributed by atoms with E-state index in [1.165, 1.54) is 6.42 Å². The predicted octanol–water partition coefficient (Wildman–Crippen LogP) is 4.50. The lowest BCUT2D eigenvalue weighted by Gasteiger charge is -2.28. The summed E-state index contributed by atoms with van der Waals surface area (Å²) >= 11 is 6.23.